The van der Waals surface area contributed by atoms with Crippen LogP contribution in [0, 0.1) is 19.8 Å². The summed E-state index contributed by atoms with van der Waals surface area (Å²) in [4.78, 5) is 6.95. The molecule has 3 aliphatic rings. The van der Waals surface area contributed by atoms with Gasteiger partial charge in [0.2, 0.25) is 0 Å². The van der Waals surface area contributed by atoms with E-state index < -0.39 is 0 Å². The summed E-state index contributed by atoms with van der Waals surface area (Å²) in [6.45, 7) is 6.63. The third kappa shape index (κ3) is 2.06. The predicted molar refractivity (Wildman–Crippen MR) is 108 cm³/mol. The monoisotopic (exact) mass is 374 g/mol. The van der Waals surface area contributed by atoms with Crippen molar-refractivity contribution in [3.63, 3.8) is 0 Å². The molecule has 136 valence electrons. The summed E-state index contributed by atoms with van der Waals surface area (Å²) in [5.74, 6) is 2.74. The highest BCUT2D eigenvalue weighted by Gasteiger charge is 2.52. The summed E-state index contributed by atoms with van der Waals surface area (Å²) in [6, 6.07) is 8.68. The van der Waals surface area contributed by atoms with Gasteiger partial charge in [0.05, 0.1) is 5.71 Å². The van der Waals surface area contributed by atoms with Crippen molar-refractivity contribution < 1.29 is 0 Å². The first kappa shape index (κ1) is 15.8. The third-order valence-electron chi connectivity index (χ3n) is 6.29. The quantitative estimate of drug-likeness (QED) is 0.628. The summed E-state index contributed by atoms with van der Waals surface area (Å²) in [5, 5.41) is 10.3. The number of thiophene rings is 1. The van der Waals surface area contributed by atoms with Crippen LogP contribution in [0.1, 0.15) is 58.5 Å². The van der Waals surface area contributed by atoms with Crippen LogP contribution in [0.25, 0.3) is 5.00 Å². The minimum atomic E-state index is -0.186. The van der Waals surface area contributed by atoms with Crippen LogP contribution in [0.4, 0.5) is 0 Å². The summed E-state index contributed by atoms with van der Waals surface area (Å²) in [6.07, 6.45) is 4.45. The Balaban J connectivity index is 1.72. The van der Waals surface area contributed by atoms with Gasteiger partial charge in [-0.15, -0.1) is 21.5 Å². The number of rotatable bonds is 1. The zero-order valence-electron chi connectivity index (χ0n) is 15.9. The zero-order chi connectivity index (χ0) is 18.3. The summed E-state index contributed by atoms with van der Waals surface area (Å²) in [5.41, 5.74) is 6.41. The Morgan fingerprint density at radius 2 is 1.93 bits per heavy atom. The second kappa shape index (κ2) is 5.16. The zero-order valence-corrected chi connectivity index (χ0v) is 16.7. The van der Waals surface area contributed by atoms with Crippen LogP contribution >= 0.6 is 11.3 Å². The van der Waals surface area contributed by atoms with Gasteiger partial charge in [0.1, 0.15) is 16.4 Å². The molecule has 0 saturated heterocycles. The largest absolute Gasteiger partial charge is 0.271 e. The van der Waals surface area contributed by atoms with Crippen molar-refractivity contribution in [2.24, 2.45) is 10.9 Å². The molecule has 3 heterocycles. The fourth-order valence-corrected chi connectivity index (χ4v) is 6.27. The molecule has 1 spiro atoms. The Hall–Kier alpha value is -2.27. The van der Waals surface area contributed by atoms with Crippen LogP contribution in [-0.2, 0) is 18.4 Å². The Bertz CT molecular complexity index is 1130. The van der Waals surface area contributed by atoms with Gasteiger partial charge in [-0.3, -0.25) is 9.56 Å². The van der Waals surface area contributed by atoms with Gasteiger partial charge in [-0.2, -0.15) is 0 Å². The normalized spacial score (nSPS) is 21.4. The standard InChI is InChI=1S/C22H22N4S/c1-12-10-16-17(11-12)27-20-18(16)19(15-7-5-4-6-13(15)2)23-22(8-9-22)21-25-24-14(3)26(20)21/h4-7,12H,8-11H2,1-3H3/t12-/m0/s1. The van der Waals surface area contributed by atoms with E-state index in [4.69, 9.17) is 4.99 Å². The van der Waals surface area contributed by atoms with Crippen molar-refractivity contribution in [1.29, 1.82) is 0 Å². The smallest absolute Gasteiger partial charge is 0.166 e. The van der Waals surface area contributed by atoms with Crippen molar-refractivity contribution in [2.45, 2.75) is 52.0 Å². The summed E-state index contributed by atoms with van der Waals surface area (Å²) < 4.78 is 2.31. The molecule has 0 unspecified atom stereocenters. The van der Waals surface area contributed by atoms with Crippen molar-refractivity contribution in [3.05, 3.63) is 63.0 Å². The second-order valence-corrected chi connectivity index (χ2v) is 9.49. The SMILES string of the molecule is Cc1ccccc1C1=NC2(CC2)c2nnc(C)n2-c2sc3c(c21)C[C@H](C)C3. The van der Waals surface area contributed by atoms with E-state index in [2.05, 4.69) is 59.8 Å². The number of hydrogen-bond acceptors (Lipinski definition) is 4. The van der Waals surface area contributed by atoms with E-state index in [0.717, 1.165) is 30.9 Å². The highest BCUT2D eigenvalue weighted by atomic mass is 32.1. The molecular weight excluding hydrogens is 352 g/mol. The number of fused-ring (bicyclic) bond motifs is 6. The molecule has 1 saturated carbocycles. The van der Waals surface area contributed by atoms with E-state index >= 15 is 0 Å². The summed E-state index contributed by atoms with van der Waals surface area (Å²) >= 11 is 1.94. The Morgan fingerprint density at radius 3 is 2.70 bits per heavy atom. The summed E-state index contributed by atoms with van der Waals surface area (Å²) in [7, 11) is 0. The van der Waals surface area contributed by atoms with Gasteiger partial charge in [-0.05, 0) is 56.6 Å². The minimum Gasteiger partial charge on any atom is -0.271 e. The number of aryl methyl sites for hydroxylation is 2. The van der Waals surface area contributed by atoms with E-state index in [-0.39, 0.29) is 5.54 Å². The number of nitrogens with zero attached hydrogens (tertiary/aromatic N) is 4. The van der Waals surface area contributed by atoms with Crippen LogP contribution < -0.4 is 0 Å². The van der Waals surface area contributed by atoms with Crippen molar-refractivity contribution >= 4 is 17.0 Å². The Labute approximate surface area is 163 Å². The molecule has 0 amide bonds. The maximum Gasteiger partial charge on any atom is 0.166 e. The van der Waals surface area contributed by atoms with E-state index in [9.17, 15) is 0 Å². The van der Waals surface area contributed by atoms with E-state index in [1.807, 2.05) is 11.3 Å². The van der Waals surface area contributed by atoms with Gasteiger partial charge in [0, 0.05) is 16.0 Å². The second-order valence-electron chi connectivity index (χ2n) is 8.41. The lowest BCUT2D eigenvalue weighted by atomic mass is 9.95. The van der Waals surface area contributed by atoms with E-state index in [1.54, 1.807) is 0 Å². The van der Waals surface area contributed by atoms with Gasteiger partial charge in [0.25, 0.3) is 0 Å². The fraction of sp³-hybridized carbons (Fsp3) is 0.409. The molecule has 0 N–H and O–H groups in total. The lowest BCUT2D eigenvalue weighted by Crippen LogP contribution is -2.12. The molecule has 2 aromatic heterocycles. The van der Waals surface area contributed by atoms with E-state index in [0.29, 0.717) is 5.92 Å². The van der Waals surface area contributed by atoms with Gasteiger partial charge in [-0.1, -0.05) is 31.2 Å². The molecule has 4 nitrogen and oxygen atoms in total. The maximum atomic E-state index is 5.42. The van der Waals surface area contributed by atoms with Gasteiger partial charge >= 0.3 is 0 Å². The molecule has 1 aliphatic heterocycles. The highest BCUT2D eigenvalue weighted by molar-refractivity contribution is 7.15. The minimum absolute atomic E-state index is 0.186. The van der Waals surface area contributed by atoms with Crippen LogP contribution in [0.3, 0.4) is 0 Å². The first-order chi connectivity index (χ1) is 13.1. The highest BCUT2D eigenvalue weighted by Crippen LogP contribution is 2.54. The number of benzene rings is 1. The number of aromatic nitrogens is 3. The molecule has 6 rings (SSSR count). The lowest BCUT2D eigenvalue weighted by Gasteiger charge is -2.13. The van der Waals surface area contributed by atoms with Gasteiger partial charge < -0.3 is 0 Å². The molecule has 5 heteroatoms. The lowest BCUT2D eigenvalue weighted by molar-refractivity contribution is 0.629. The molecule has 1 fully saturated rings. The molecule has 27 heavy (non-hydrogen) atoms. The first-order valence-electron chi connectivity index (χ1n) is 9.81. The van der Waals surface area contributed by atoms with Crippen molar-refractivity contribution in [3.8, 4) is 5.00 Å². The molecular formula is C22H22N4S. The molecule has 1 atom stereocenters. The predicted octanol–water partition coefficient (Wildman–Crippen LogP) is 4.52. The molecule has 0 radical (unpaired) electrons. The van der Waals surface area contributed by atoms with Crippen LogP contribution in [0.2, 0.25) is 0 Å². The van der Waals surface area contributed by atoms with Crippen LogP contribution in [-0.4, -0.2) is 20.5 Å². The first-order valence-corrected chi connectivity index (χ1v) is 10.6. The van der Waals surface area contributed by atoms with Gasteiger partial charge in [-0.25, -0.2) is 0 Å². The van der Waals surface area contributed by atoms with Gasteiger partial charge in [0.15, 0.2) is 5.82 Å². The van der Waals surface area contributed by atoms with E-state index in [1.165, 1.54) is 44.3 Å². The maximum absolute atomic E-state index is 5.42. The topological polar surface area (TPSA) is 43.1 Å². The molecule has 1 aromatic carbocycles. The Morgan fingerprint density at radius 1 is 1.11 bits per heavy atom. The number of aliphatic imine (C=N–C) groups is 1. The molecule has 3 aromatic rings. The molecule has 2 aliphatic carbocycles. The average Bonchev–Trinajstić information content (AvgIpc) is 3.04. The van der Waals surface area contributed by atoms with Crippen LogP contribution in [0.15, 0.2) is 29.3 Å². The Kier molecular flexibility index (Phi) is 3.01. The number of hydrogen-bond donors (Lipinski definition) is 0. The van der Waals surface area contributed by atoms with Crippen molar-refractivity contribution in [1.82, 2.24) is 14.8 Å². The third-order valence-corrected chi connectivity index (χ3v) is 7.53. The fourth-order valence-electron chi connectivity index (χ4n) is 4.73. The van der Waals surface area contributed by atoms with Crippen LogP contribution in [0.5, 0.6) is 0 Å². The molecule has 0 bridgehead atoms. The van der Waals surface area contributed by atoms with Crippen molar-refractivity contribution in [2.75, 3.05) is 0 Å². The average molecular weight is 375 g/mol.